The molecule has 188 valence electrons. The maximum atomic E-state index is 13.4. The second-order valence-electron chi connectivity index (χ2n) is 7.70. The Bertz CT molecular complexity index is 1440. The number of imidazole rings is 1. The van der Waals surface area contributed by atoms with E-state index in [9.17, 15) is 18.0 Å². The van der Waals surface area contributed by atoms with E-state index in [4.69, 9.17) is 27.9 Å². The highest BCUT2D eigenvalue weighted by atomic mass is 35.5. The zero-order valence-corrected chi connectivity index (χ0v) is 20.5. The first kappa shape index (κ1) is 25.3. The Labute approximate surface area is 212 Å². The average molecular weight is 540 g/mol. The van der Waals surface area contributed by atoms with Crippen LogP contribution >= 0.6 is 23.2 Å². The molecule has 0 aliphatic rings. The fourth-order valence-electron chi connectivity index (χ4n) is 3.25. The number of methoxy groups -OCH3 is 1. The van der Waals surface area contributed by atoms with E-state index in [-0.39, 0.29) is 38.9 Å². The number of alkyl halides is 3. The number of H-pyrrole nitrogens is 1. The van der Waals surface area contributed by atoms with Gasteiger partial charge in [-0.1, -0.05) is 23.2 Å². The summed E-state index contributed by atoms with van der Waals surface area (Å²) in [5.41, 5.74) is 0.363. The smallest absolute Gasteiger partial charge is 0.416 e. The number of hydrogen-bond donors (Lipinski definition) is 3. The number of aromatic amines is 1. The molecule has 3 aromatic heterocycles. The van der Waals surface area contributed by atoms with Crippen molar-refractivity contribution in [1.29, 1.82) is 0 Å². The molecule has 14 heteroatoms. The third kappa shape index (κ3) is 5.24. The van der Waals surface area contributed by atoms with Crippen LogP contribution in [-0.4, -0.2) is 47.0 Å². The number of halogens is 5. The molecule has 1 amide bonds. The van der Waals surface area contributed by atoms with Gasteiger partial charge in [-0.15, -0.1) is 0 Å². The topological polar surface area (TPSA) is 108 Å². The fourth-order valence-corrected chi connectivity index (χ4v) is 3.71. The van der Waals surface area contributed by atoms with Crippen LogP contribution in [-0.2, 0) is 6.18 Å². The van der Waals surface area contributed by atoms with Crippen molar-refractivity contribution in [2.45, 2.75) is 6.18 Å². The lowest BCUT2D eigenvalue weighted by Gasteiger charge is -2.17. The van der Waals surface area contributed by atoms with Crippen LogP contribution in [0.5, 0.6) is 5.75 Å². The largest absolute Gasteiger partial charge is 0.496 e. The molecule has 36 heavy (non-hydrogen) atoms. The Morgan fingerprint density at radius 2 is 1.78 bits per heavy atom. The van der Waals surface area contributed by atoms with Crippen LogP contribution in [0.25, 0.3) is 11.0 Å². The van der Waals surface area contributed by atoms with Gasteiger partial charge >= 0.3 is 6.18 Å². The normalized spacial score (nSPS) is 11.4. The van der Waals surface area contributed by atoms with Crippen molar-refractivity contribution in [2.75, 3.05) is 36.7 Å². The summed E-state index contributed by atoms with van der Waals surface area (Å²) in [5.74, 6) is -0.544. The molecule has 0 unspecified atom stereocenters. The van der Waals surface area contributed by atoms with Crippen LogP contribution in [0.15, 0.2) is 36.7 Å². The summed E-state index contributed by atoms with van der Waals surface area (Å²) in [4.78, 5) is 29.8. The Balaban J connectivity index is 1.68. The van der Waals surface area contributed by atoms with Crippen LogP contribution in [0.2, 0.25) is 10.0 Å². The van der Waals surface area contributed by atoms with Crippen LogP contribution in [0.3, 0.4) is 0 Å². The van der Waals surface area contributed by atoms with Gasteiger partial charge in [-0.3, -0.25) is 9.78 Å². The van der Waals surface area contributed by atoms with Gasteiger partial charge in [0.05, 0.1) is 45.0 Å². The van der Waals surface area contributed by atoms with Gasteiger partial charge in [-0.2, -0.15) is 13.2 Å². The molecule has 0 aliphatic heterocycles. The number of anilines is 4. The van der Waals surface area contributed by atoms with Crippen LogP contribution in [0.1, 0.15) is 15.9 Å². The molecule has 4 aromatic rings. The number of benzene rings is 1. The minimum absolute atomic E-state index is 0.0280. The van der Waals surface area contributed by atoms with Gasteiger partial charge in [0.2, 0.25) is 5.95 Å². The van der Waals surface area contributed by atoms with Crippen LogP contribution < -0.4 is 20.3 Å². The van der Waals surface area contributed by atoms with E-state index in [1.165, 1.54) is 36.5 Å². The van der Waals surface area contributed by atoms with Gasteiger partial charge in [-0.25, -0.2) is 9.97 Å². The molecule has 0 aliphatic carbocycles. The number of ether oxygens (including phenoxy) is 1. The first-order valence-corrected chi connectivity index (χ1v) is 10.9. The van der Waals surface area contributed by atoms with E-state index < -0.39 is 17.6 Å². The minimum Gasteiger partial charge on any atom is -0.496 e. The third-order valence-corrected chi connectivity index (χ3v) is 5.56. The Hall–Kier alpha value is -3.77. The van der Waals surface area contributed by atoms with Gasteiger partial charge in [0.15, 0.2) is 0 Å². The molecule has 0 bridgehead atoms. The average Bonchev–Trinajstić information content (AvgIpc) is 3.21. The zero-order valence-electron chi connectivity index (χ0n) is 19.0. The highest BCUT2D eigenvalue weighted by Crippen LogP contribution is 2.34. The molecule has 1 aromatic carbocycles. The SMILES string of the molecule is COc1cc2nc(Nc3c(Cl)cncc3Cl)[nH]c2cc1C(=O)Nc1cc(C(F)(F)F)cc(N(C)C)n1. The number of fused-ring (bicyclic) bond motifs is 1. The van der Waals surface area contributed by atoms with Gasteiger partial charge in [0.1, 0.15) is 17.4 Å². The van der Waals surface area contributed by atoms with Crippen molar-refractivity contribution in [3.63, 3.8) is 0 Å². The van der Waals surface area contributed by atoms with E-state index in [2.05, 4.69) is 30.6 Å². The summed E-state index contributed by atoms with van der Waals surface area (Å²) >= 11 is 12.3. The van der Waals surface area contributed by atoms with E-state index in [1.54, 1.807) is 14.1 Å². The quantitative estimate of drug-likeness (QED) is 0.286. The maximum Gasteiger partial charge on any atom is 0.416 e. The predicted molar refractivity (Wildman–Crippen MR) is 132 cm³/mol. The molecule has 0 saturated carbocycles. The van der Waals surface area contributed by atoms with E-state index >= 15 is 0 Å². The summed E-state index contributed by atoms with van der Waals surface area (Å²) in [6.07, 6.45) is -1.80. The number of pyridine rings is 2. The number of nitrogens with one attached hydrogen (secondary N) is 3. The van der Waals surface area contributed by atoms with Crippen molar-refractivity contribution in [3.8, 4) is 5.75 Å². The van der Waals surface area contributed by atoms with Crippen molar-refractivity contribution in [1.82, 2.24) is 19.9 Å². The van der Waals surface area contributed by atoms with Crippen molar-refractivity contribution >= 4 is 63.4 Å². The number of nitrogens with zero attached hydrogens (tertiary/aromatic N) is 4. The maximum absolute atomic E-state index is 13.4. The van der Waals surface area contributed by atoms with Gasteiger partial charge in [0, 0.05) is 32.6 Å². The molecule has 9 nitrogen and oxygen atoms in total. The van der Waals surface area contributed by atoms with E-state index in [0.717, 1.165) is 12.1 Å². The molecule has 3 heterocycles. The lowest BCUT2D eigenvalue weighted by atomic mass is 10.1. The molecule has 0 spiro atoms. The molecule has 0 saturated heterocycles. The molecular formula is C22H18Cl2F3N7O2. The molecule has 0 fully saturated rings. The van der Waals surface area contributed by atoms with Crippen molar-refractivity contribution in [2.24, 2.45) is 0 Å². The Kier molecular flexibility index (Phi) is 6.83. The van der Waals surface area contributed by atoms with Crippen LogP contribution in [0.4, 0.5) is 36.4 Å². The highest BCUT2D eigenvalue weighted by Gasteiger charge is 2.32. The Morgan fingerprint density at radius 3 is 2.39 bits per heavy atom. The van der Waals surface area contributed by atoms with Crippen molar-refractivity contribution in [3.05, 3.63) is 57.8 Å². The number of hydrogen-bond acceptors (Lipinski definition) is 7. The van der Waals surface area contributed by atoms with E-state index in [0.29, 0.717) is 16.7 Å². The summed E-state index contributed by atoms with van der Waals surface area (Å²) in [6, 6.07) is 4.61. The number of carbonyl (C=O) groups is 1. The molecule has 0 atom stereocenters. The monoisotopic (exact) mass is 539 g/mol. The summed E-state index contributed by atoms with van der Waals surface area (Å²) in [5, 5.41) is 5.92. The molecule has 4 rings (SSSR count). The predicted octanol–water partition coefficient (Wildman–Crippen LogP) is 5.75. The molecule has 3 N–H and O–H groups in total. The second-order valence-corrected chi connectivity index (χ2v) is 8.52. The minimum atomic E-state index is -4.62. The lowest BCUT2D eigenvalue weighted by molar-refractivity contribution is -0.137. The number of amides is 1. The van der Waals surface area contributed by atoms with E-state index in [1.807, 2.05) is 0 Å². The molecule has 0 radical (unpaired) electrons. The van der Waals surface area contributed by atoms with Gasteiger partial charge in [0.25, 0.3) is 5.91 Å². The standard InChI is InChI=1S/C22H18Cl2F3N7O2/c1-34(2)18-5-10(22(25,26)27)4-17(31-18)32-20(35)11-6-14-15(7-16(11)36-3)30-21(29-14)33-19-12(23)8-28-9-13(19)24/h4-9H,1-3H3,(H,31,32,35)(H2,28,29,30,33). The fraction of sp³-hybridized carbons (Fsp3) is 0.182. The summed E-state index contributed by atoms with van der Waals surface area (Å²) < 4.78 is 45.4. The summed E-state index contributed by atoms with van der Waals surface area (Å²) in [6.45, 7) is 0. The summed E-state index contributed by atoms with van der Waals surface area (Å²) in [7, 11) is 4.44. The van der Waals surface area contributed by atoms with Gasteiger partial charge in [-0.05, 0) is 18.2 Å². The van der Waals surface area contributed by atoms with Gasteiger partial charge < -0.3 is 25.3 Å². The number of rotatable bonds is 6. The first-order valence-electron chi connectivity index (χ1n) is 10.2. The van der Waals surface area contributed by atoms with Crippen LogP contribution in [0, 0.1) is 0 Å². The number of aromatic nitrogens is 4. The van der Waals surface area contributed by atoms with Crippen molar-refractivity contribution < 1.29 is 22.7 Å². The zero-order chi connectivity index (χ0) is 26.2. The highest BCUT2D eigenvalue weighted by molar-refractivity contribution is 6.39. The first-order chi connectivity index (χ1) is 17.0. The third-order valence-electron chi connectivity index (χ3n) is 4.98. The second kappa shape index (κ2) is 9.70. The Morgan fingerprint density at radius 1 is 1.08 bits per heavy atom. The number of carbonyl (C=O) groups excluding carboxylic acids is 1. The molecular weight excluding hydrogens is 522 g/mol. The lowest BCUT2D eigenvalue weighted by Crippen LogP contribution is -2.18.